The van der Waals surface area contributed by atoms with Gasteiger partial charge in [-0.3, -0.25) is 9.59 Å². The lowest BCUT2D eigenvalue weighted by molar-refractivity contribution is -0.221. The van der Waals surface area contributed by atoms with Crippen molar-refractivity contribution in [1.82, 2.24) is 10.2 Å². The van der Waals surface area contributed by atoms with Crippen LogP contribution in [0.3, 0.4) is 0 Å². The summed E-state index contributed by atoms with van der Waals surface area (Å²) >= 11 is 0. The van der Waals surface area contributed by atoms with Gasteiger partial charge < -0.3 is 20.4 Å². The zero-order valence-corrected chi connectivity index (χ0v) is 34.2. The van der Waals surface area contributed by atoms with Crippen molar-refractivity contribution >= 4 is 21.8 Å². The summed E-state index contributed by atoms with van der Waals surface area (Å²) in [5.41, 5.74) is 3.06. The van der Waals surface area contributed by atoms with Gasteiger partial charge in [0.15, 0.2) is 15.3 Å². The van der Waals surface area contributed by atoms with Crippen molar-refractivity contribution in [3.05, 3.63) is 35.5 Å². The summed E-state index contributed by atoms with van der Waals surface area (Å²) in [7, 11) is -2.87. The van der Waals surface area contributed by atoms with Crippen LogP contribution in [0.25, 0.3) is 0 Å². The number of allylic oxidation sites excluding steroid dienone is 5. The van der Waals surface area contributed by atoms with Gasteiger partial charge in [0.05, 0.1) is 11.5 Å². The average molecular weight is 751 g/mol. The number of nitrogens with zero attached hydrogens (tertiary/aromatic N) is 1. The minimum absolute atomic E-state index is 0.000635. The molecule has 9 heteroatoms. The van der Waals surface area contributed by atoms with Gasteiger partial charge in [-0.05, 0) is 152 Å². The molecule has 1 heterocycles. The maximum atomic E-state index is 12.0. The Labute approximate surface area is 318 Å². The number of aliphatic carboxylic acids is 2. The van der Waals surface area contributed by atoms with Gasteiger partial charge in [-0.25, -0.2) is 8.42 Å². The number of nitrogens with one attached hydrogen (secondary N) is 1. The second kappa shape index (κ2) is 12.0. The smallest absolute Gasteiger partial charge is 0.321 e. The summed E-state index contributed by atoms with van der Waals surface area (Å²) in [6.45, 7) is 22.9. The van der Waals surface area contributed by atoms with Gasteiger partial charge in [0.2, 0.25) is 0 Å². The first-order valence-corrected chi connectivity index (χ1v) is 22.7. The second-order valence-corrected chi connectivity index (χ2v) is 23.4. The number of hydrogen-bond acceptors (Lipinski definition) is 6. The molecular weight excluding hydrogens is 685 g/mol. The Kier molecular flexibility index (Phi) is 8.60. The highest BCUT2D eigenvalue weighted by atomic mass is 32.2. The molecule has 8 rings (SSSR count). The summed E-state index contributed by atoms with van der Waals surface area (Å²) in [6.07, 6.45) is 17.0. The van der Waals surface area contributed by atoms with Gasteiger partial charge in [0, 0.05) is 31.7 Å². The molecule has 0 aromatic rings. The van der Waals surface area contributed by atoms with Crippen LogP contribution in [-0.4, -0.2) is 78.7 Å². The molecule has 1 spiro atoms. The van der Waals surface area contributed by atoms with E-state index in [1.807, 2.05) is 0 Å². The van der Waals surface area contributed by atoms with E-state index in [1.165, 1.54) is 68.1 Å². The second-order valence-electron chi connectivity index (χ2n) is 21.1. The summed E-state index contributed by atoms with van der Waals surface area (Å²) in [4.78, 5) is 26.1. The Balaban J connectivity index is 1.02. The van der Waals surface area contributed by atoms with Crippen molar-refractivity contribution in [2.24, 2.45) is 62.1 Å². The van der Waals surface area contributed by atoms with Gasteiger partial charge in [-0.2, -0.15) is 0 Å². The van der Waals surface area contributed by atoms with E-state index in [0.717, 1.165) is 25.9 Å². The van der Waals surface area contributed by atoms with E-state index in [0.29, 0.717) is 42.7 Å². The fraction of sp³-hybridized carbons (Fsp3) is 0.818. The van der Waals surface area contributed by atoms with Crippen LogP contribution in [0.2, 0.25) is 0 Å². The molecule has 1 aliphatic heterocycles. The van der Waals surface area contributed by atoms with Gasteiger partial charge in [-0.1, -0.05) is 58.9 Å². The third-order valence-electron chi connectivity index (χ3n) is 18.5. The van der Waals surface area contributed by atoms with Crippen LogP contribution >= 0.6 is 0 Å². The predicted molar refractivity (Wildman–Crippen MR) is 208 cm³/mol. The van der Waals surface area contributed by atoms with Gasteiger partial charge in [0.1, 0.15) is 0 Å². The number of carboxylic acids is 2. The quantitative estimate of drug-likeness (QED) is 0.172. The third-order valence-corrected chi connectivity index (χ3v) is 20.1. The minimum atomic E-state index is -2.87. The van der Waals surface area contributed by atoms with E-state index < -0.39 is 27.2 Å². The Bertz CT molecular complexity index is 1740. The average Bonchev–Trinajstić information content (AvgIpc) is 3.41. The van der Waals surface area contributed by atoms with E-state index in [4.69, 9.17) is 0 Å². The van der Waals surface area contributed by atoms with Crippen molar-refractivity contribution in [3.8, 4) is 0 Å². The van der Waals surface area contributed by atoms with E-state index in [9.17, 15) is 28.2 Å². The van der Waals surface area contributed by atoms with Crippen molar-refractivity contribution in [2.45, 2.75) is 124 Å². The molecule has 6 fully saturated rings. The summed E-state index contributed by atoms with van der Waals surface area (Å²) in [5.74, 6) is 1.17. The number of carboxylic acid groups (broad SMARTS) is 2. The fourth-order valence-electron chi connectivity index (χ4n) is 15.7. The van der Waals surface area contributed by atoms with Crippen molar-refractivity contribution in [2.75, 3.05) is 37.7 Å². The molecule has 0 amide bonds. The highest BCUT2D eigenvalue weighted by Gasteiger charge is 2.71. The fourth-order valence-corrected chi connectivity index (χ4v) is 17.0. The van der Waals surface area contributed by atoms with Crippen LogP contribution in [0.4, 0.5) is 0 Å². The molecule has 8 nitrogen and oxygen atoms in total. The normalized spacial score (nSPS) is 44.5. The molecular formula is C44H66N2O6S. The molecule has 0 unspecified atom stereocenters. The monoisotopic (exact) mass is 750 g/mol. The Morgan fingerprint density at radius 1 is 0.906 bits per heavy atom. The SMILES string of the molecule is C=C(C)[C@@H]1CC[C@]2(NCCN3CCS(=O)(=O)CC3)CC[C@]3(C)[C@H](CC[C@@H]4[C@@]5(C)CC=C(C6=CC7(C6)CC(C(=O)O)(C(=O)O)C7)C(C)(C)[C@@H]5CC[C@]43C)[C@@H]12. The molecule has 0 bridgehead atoms. The lowest BCUT2D eigenvalue weighted by atomic mass is 9.32. The molecule has 5 saturated carbocycles. The number of carbonyl (C=O) groups is 2. The van der Waals surface area contributed by atoms with E-state index in [-0.39, 0.29) is 57.0 Å². The topological polar surface area (TPSA) is 124 Å². The first-order chi connectivity index (χ1) is 24.7. The van der Waals surface area contributed by atoms with E-state index in [2.05, 4.69) is 70.5 Å². The molecule has 8 aliphatic rings. The standard InChI is InChI=1S/C44H66N2O6S/c1-28(2)30-10-15-44(45-18-19-46-20-22-53(51,52)23-21-46)17-16-40(6)32(35(30)44)8-9-34-39(5)13-11-31(38(3,4)33(39)12-14-41(34,40)7)29-24-42(25-29)26-43(27-42,36(47)48)37(49)50/h11,24,30,32-35,45H,1,8-10,12-23,25-27H2,2-7H3,(H,47,48)(H,49,50)/t30-,32+,33-,34+,35+,39-,40+,41+,44-/m0/s1. The van der Waals surface area contributed by atoms with Gasteiger partial charge in [0.25, 0.3) is 0 Å². The lowest BCUT2D eigenvalue weighted by Gasteiger charge is -2.72. The summed E-state index contributed by atoms with van der Waals surface area (Å²) in [6, 6.07) is 0. The Hall–Kier alpha value is -1.97. The summed E-state index contributed by atoms with van der Waals surface area (Å²) in [5, 5.41) is 23.6. The van der Waals surface area contributed by atoms with Crippen molar-refractivity contribution < 1.29 is 28.2 Å². The van der Waals surface area contributed by atoms with Crippen molar-refractivity contribution in [1.29, 1.82) is 0 Å². The maximum absolute atomic E-state index is 12.0. The third kappa shape index (κ3) is 5.27. The highest BCUT2D eigenvalue weighted by molar-refractivity contribution is 7.91. The lowest BCUT2D eigenvalue weighted by Crippen LogP contribution is -2.68. The molecule has 0 aromatic heterocycles. The van der Waals surface area contributed by atoms with Crippen LogP contribution in [0.15, 0.2) is 35.5 Å². The van der Waals surface area contributed by atoms with Crippen LogP contribution in [0.5, 0.6) is 0 Å². The first-order valence-electron chi connectivity index (χ1n) is 20.9. The summed E-state index contributed by atoms with van der Waals surface area (Å²) < 4.78 is 24.1. The molecule has 0 aromatic carbocycles. The molecule has 1 saturated heterocycles. The van der Waals surface area contributed by atoms with Gasteiger partial charge >= 0.3 is 11.9 Å². The molecule has 294 valence electrons. The molecule has 53 heavy (non-hydrogen) atoms. The molecule has 3 N–H and O–H groups in total. The maximum Gasteiger partial charge on any atom is 0.321 e. The molecule has 9 atom stereocenters. The van der Waals surface area contributed by atoms with E-state index in [1.54, 1.807) is 0 Å². The zero-order valence-electron chi connectivity index (χ0n) is 33.4. The van der Waals surface area contributed by atoms with Crippen LogP contribution in [0, 0.1) is 62.1 Å². The van der Waals surface area contributed by atoms with E-state index >= 15 is 0 Å². The van der Waals surface area contributed by atoms with Crippen molar-refractivity contribution in [3.63, 3.8) is 0 Å². The first kappa shape index (κ1) is 37.9. The highest BCUT2D eigenvalue weighted by Crippen LogP contribution is 2.77. The predicted octanol–water partition coefficient (Wildman–Crippen LogP) is 7.52. The number of fused-ring (bicyclic) bond motifs is 7. The Morgan fingerprint density at radius 2 is 1.57 bits per heavy atom. The van der Waals surface area contributed by atoms with Gasteiger partial charge in [-0.15, -0.1) is 0 Å². The molecule has 0 radical (unpaired) electrons. The number of sulfone groups is 1. The number of hydrogen-bond donors (Lipinski definition) is 3. The largest absolute Gasteiger partial charge is 0.480 e. The van der Waals surface area contributed by atoms with Crippen LogP contribution < -0.4 is 5.32 Å². The minimum Gasteiger partial charge on any atom is -0.480 e. The zero-order chi connectivity index (χ0) is 38.2. The Morgan fingerprint density at radius 3 is 2.19 bits per heavy atom. The molecule has 7 aliphatic carbocycles. The van der Waals surface area contributed by atoms with Crippen LogP contribution in [0.1, 0.15) is 119 Å². The number of rotatable bonds is 8. The van der Waals surface area contributed by atoms with Crippen LogP contribution in [-0.2, 0) is 19.4 Å².